The molecule has 2 N–H and O–H groups in total. The molecule has 4 amide bonds. The second-order valence-electron chi connectivity index (χ2n) is 5.86. The number of anilines is 1. The number of benzene rings is 1. The first kappa shape index (κ1) is 15.0. The maximum Gasteiger partial charge on any atom is 0.325 e. The van der Waals surface area contributed by atoms with Crippen LogP contribution in [0.5, 0.6) is 0 Å². The molecule has 2 aliphatic rings. The molecule has 6 nitrogen and oxygen atoms in total. The quantitative estimate of drug-likeness (QED) is 0.802. The van der Waals surface area contributed by atoms with Gasteiger partial charge in [-0.2, -0.15) is 0 Å². The summed E-state index contributed by atoms with van der Waals surface area (Å²) in [6, 6.07) is 6.62. The van der Waals surface area contributed by atoms with E-state index in [-0.39, 0.29) is 18.4 Å². The molecule has 0 radical (unpaired) electrons. The number of hydrogen-bond donors (Lipinski definition) is 2. The summed E-state index contributed by atoms with van der Waals surface area (Å²) in [6.45, 7) is 1.45. The number of carbonyl (C=O) groups is 3. The number of urea groups is 1. The van der Waals surface area contributed by atoms with Crippen LogP contribution in [0.2, 0.25) is 0 Å². The van der Waals surface area contributed by atoms with Crippen molar-refractivity contribution in [1.29, 1.82) is 0 Å². The number of amides is 4. The van der Waals surface area contributed by atoms with Crippen LogP contribution in [0.25, 0.3) is 0 Å². The van der Waals surface area contributed by atoms with E-state index < -0.39 is 17.5 Å². The van der Waals surface area contributed by atoms with Crippen molar-refractivity contribution < 1.29 is 14.4 Å². The highest BCUT2D eigenvalue weighted by Crippen LogP contribution is 2.42. The lowest BCUT2D eigenvalue weighted by Crippen LogP contribution is -2.46. The highest BCUT2D eigenvalue weighted by Gasteiger charge is 2.56. The monoisotopic (exact) mass is 365 g/mol. The number of rotatable bonds is 4. The number of halogens is 1. The molecule has 2 fully saturated rings. The SMILES string of the molecule is CC1(C2CC2)NC(=O)N(CC(=O)Nc2cccc(Br)c2)C1=O. The number of carbonyl (C=O) groups excluding carboxylic acids is 3. The molecule has 1 aliphatic heterocycles. The van der Waals surface area contributed by atoms with E-state index in [1.165, 1.54) is 0 Å². The first-order valence-electron chi connectivity index (χ1n) is 7.09. The van der Waals surface area contributed by atoms with E-state index in [0.29, 0.717) is 5.69 Å². The Balaban J connectivity index is 1.66. The van der Waals surface area contributed by atoms with E-state index in [4.69, 9.17) is 0 Å². The summed E-state index contributed by atoms with van der Waals surface area (Å²) in [5, 5.41) is 5.40. The largest absolute Gasteiger partial charge is 0.325 e. The van der Waals surface area contributed by atoms with Gasteiger partial charge in [-0.25, -0.2) is 4.79 Å². The minimum atomic E-state index is -0.854. The van der Waals surface area contributed by atoms with Gasteiger partial charge in [0.2, 0.25) is 5.91 Å². The van der Waals surface area contributed by atoms with Crippen LogP contribution in [-0.4, -0.2) is 34.8 Å². The Kier molecular flexibility index (Phi) is 3.68. The van der Waals surface area contributed by atoms with E-state index in [1.54, 1.807) is 25.1 Å². The van der Waals surface area contributed by atoms with Gasteiger partial charge in [-0.1, -0.05) is 22.0 Å². The van der Waals surface area contributed by atoms with E-state index in [0.717, 1.165) is 22.2 Å². The van der Waals surface area contributed by atoms with Gasteiger partial charge in [-0.05, 0) is 43.9 Å². The average molecular weight is 366 g/mol. The van der Waals surface area contributed by atoms with Crippen LogP contribution in [0.1, 0.15) is 19.8 Å². The van der Waals surface area contributed by atoms with Crippen molar-refractivity contribution in [3.8, 4) is 0 Å². The zero-order valence-electron chi connectivity index (χ0n) is 12.1. The van der Waals surface area contributed by atoms with Crippen LogP contribution >= 0.6 is 15.9 Å². The van der Waals surface area contributed by atoms with Crippen molar-refractivity contribution in [3.63, 3.8) is 0 Å². The predicted molar refractivity (Wildman–Crippen MR) is 84.1 cm³/mol. The zero-order chi connectivity index (χ0) is 15.9. The number of nitrogens with zero attached hydrogens (tertiary/aromatic N) is 1. The van der Waals surface area contributed by atoms with Crippen LogP contribution < -0.4 is 10.6 Å². The van der Waals surface area contributed by atoms with Gasteiger partial charge in [-0.3, -0.25) is 14.5 Å². The molecule has 3 rings (SSSR count). The molecule has 1 saturated carbocycles. The third-order valence-corrected chi connectivity index (χ3v) is 4.60. The Morgan fingerprint density at radius 3 is 2.82 bits per heavy atom. The highest BCUT2D eigenvalue weighted by molar-refractivity contribution is 9.10. The minimum Gasteiger partial charge on any atom is -0.324 e. The molecule has 22 heavy (non-hydrogen) atoms. The van der Waals surface area contributed by atoms with Crippen molar-refractivity contribution in [1.82, 2.24) is 10.2 Å². The summed E-state index contributed by atoms with van der Waals surface area (Å²) in [4.78, 5) is 37.5. The van der Waals surface area contributed by atoms with E-state index >= 15 is 0 Å². The molecule has 7 heteroatoms. The zero-order valence-corrected chi connectivity index (χ0v) is 13.6. The second kappa shape index (κ2) is 5.39. The van der Waals surface area contributed by atoms with Crippen molar-refractivity contribution in [3.05, 3.63) is 28.7 Å². The van der Waals surface area contributed by atoms with Crippen molar-refractivity contribution >= 4 is 39.5 Å². The van der Waals surface area contributed by atoms with E-state index in [2.05, 4.69) is 26.6 Å². The molecule has 1 aromatic carbocycles. The average Bonchev–Trinajstić information content (AvgIpc) is 3.25. The number of imide groups is 1. The summed E-state index contributed by atoms with van der Waals surface area (Å²) >= 11 is 3.32. The summed E-state index contributed by atoms with van der Waals surface area (Å²) in [7, 11) is 0. The Hall–Kier alpha value is -1.89. The molecule has 0 bridgehead atoms. The van der Waals surface area contributed by atoms with Gasteiger partial charge in [-0.15, -0.1) is 0 Å². The summed E-state index contributed by atoms with van der Waals surface area (Å²) in [5.74, 6) is -0.534. The van der Waals surface area contributed by atoms with Crippen molar-refractivity contribution in [2.24, 2.45) is 5.92 Å². The number of hydrogen-bond acceptors (Lipinski definition) is 3. The van der Waals surface area contributed by atoms with Gasteiger partial charge in [0.15, 0.2) is 0 Å². The third-order valence-electron chi connectivity index (χ3n) is 4.11. The molecule has 1 unspecified atom stereocenters. The standard InChI is InChI=1S/C15H16BrN3O3/c1-15(9-5-6-9)13(21)19(14(22)18-15)8-12(20)17-11-4-2-3-10(16)7-11/h2-4,7,9H,5-6,8H2,1H3,(H,17,20)(H,18,22). The van der Waals surface area contributed by atoms with Crippen LogP contribution in [0.3, 0.4) is 0 Å². The van der Waals surface area contributed by atoms with Crippen molar-refractivity contribution in [2.45, 2.75) is 25.3 Å². The lowest BCUT2D eigenvalue weighted by molar-refractivity contribution is -0.134. The van der Waals surface area contributed by atoms with Crippen LogP contribution in [-0.2, 0) is 9.59 Å². The fraction of sp³-hybridized carbons (Fsp3) is 0.400. The first-order chi connectivity index (χ1) is 10.4. The van der Waals surface area contributed by atoms with E-state index in [9.17, 15) is 14.4 Å². The molecule has 1 heterocycles. The molecule has 1 aliphatic carbocycles. The Morgan fingerprint density at radius 2 is 2.18 bits per heavy atom. The molecule has 116 valence electrons. The van der Waals surface area contributed by atoms with Gasteiger partial charge in [0.1, 0.15) is 12.1 Å². The maximum atomic E-state index is 12.4. The third kappa shape index (κ3) is 2.72. The first-order valence-corrected chi connectivity index (χ1v) is 7.89. The van der Waals surface area contributed by atoms with Crippen molar-refractivity contribution in [2.75, 3.05) is 11.9 Å². The van der Waals surface area contributed by atoms with Crippen LogP contribution in [0.15, 0.2) is 28.7 Å². The highest BCUT2D eigenvalue weighted by atomic mass is 79.9. The smallest absolute Gasteiger partial charge is 0.324 e. The van der Waals surface area contributed by atoms with Gasteiger partial charge in [0, 0.05) is 10.2 Å². The summed E-state index contributed by atoms with van der Waals surface area (Å²) in [6.07, 6.45) is 1.86. The lowest BCUT2D eigenvalue weighted by Gasteiger charge is -2.20. The summed E-state index contributed by atoms with van der Waals surface area (Å²) in [5.41, 5.74) is -0.246. The Bertz CT molecular complexity index is 659. The van der Waals surface area contributed by atoms with E-state index in [1.807, 2.05) is 6.07 Å². The van der Waals surface area contributed by atoms with Gasteiger partial charge in [0.25, 0.3) is 5.91 Å². The number of nitrogens with one attached hydrogen (secondary N) is 2. The normalized spacial score (nSPS) is 24.4. The van der Waals surface area contributed by atoms with Crippen LogP contribution in [0, 0.1) is 5.92 Å². The minimum absolute atomic E-state index is 0.182. The molecule has 1 atom stereocenters. The van der Waals surface area contributed by atoms with Crippen LogP contribution in [0.4, 0.5) is 10.5 Å². The lowest BCUT2D eigenvalue weighted by atomic mass is 9.96. The summed E-state index contributed by atoms with van der Waals surface area (Å²) < 4.78 is 0.835. The molecule has 1 saturated heterocycles. The molecular formula is C15H16BrN3O3. The molecule has 0 aromatic heterocycles. The second-order valence-corrected chi connectivity index (χ2v) is 6.77. The fourth-order valence-electron chi connectivity index (χ4n) is 2.71. The Labute approximate surface area is 136 Å². The topological polar surface area (TPSA) is 78.5 Å². The molecule has 0 spiro atoms. The maximum absolute atomic E-state index is 12.4. The van der Waals surface area contributed by atoms with Gasteiger partial charge in [0.05, 0.1) is 0 Å². The Morgan fingerprint density at radius 1 is 1.45 bits per heavy atom. The van der Waals surface area contributed by atoms with Gasteiger partial charge < -0.3 is 10.6 Å². The van der Waals surface area contributed by atoms with Gasteiger partial charge >= 0.3 is 6.03 Å². The molecular weight excluding hydrogens is 350 g/mol. The fourth-order valence-corrected chi connectivity index (χ4v) is 3.11. The predicted octanol–water partition coefficient (Wildman–Crippen LogP) is 2.11. The molecule has 1 aromatic rings.